The van der Waals surface area contributed by atoms with Gasteiger partial charge in [-0.25, -0.2) is 0 Å². The van der Waals surface area contributed by atoms with Gasteiger partial charge in [-0.15, -0.1) is 0 Å². The fourth-order valence-corrected chi connectivity index (χ4v) is 2.42. The van der Waals surface area contributed by atoms with E-state index in [0.717, 1.165) is 18.8 Å². The van der Waals surface area contributed by atoms with Gasteiger partial charge >= 0.3 is 0 Å². The highest BCUT2D eigenvalue weighted by molar-refractivity contribution is 5.49. The van der Waals surface area contributed by atoms with Crippen molar-refractivity contribution in [1.29, 1.82) is 0 Å². The molecule has 0 radical (unpaired) electrons. The highest BCUT2D eigenvalue weighted by atomic mass is 16.5. The first-order chi connectivity index (χ1) is 10.1. The molecule has 2 aromatic rings. The molecule has 0 atom stereocenters. The molecule has 0 heterocycles. The topological polar surface area (TPSA) is 24.5 Å². The molecule has 3 heteroatoms. The summed E-state index contributed by atoms with van der Waals surface area (Å²) in [7, 11) is 5.79. The van der Waals surface area contributed by atoms with Crippen molar-refractivity contribution in [2.75, 3.05) is 26.1 Å². The van der Waals surface area contributed by atoms with Gasteiger partial charge in [-0.1, -0.05) is 23.8 Å². The Morgan fingerprint density at radius 1 is 1.10 bits per heavy atom. The lowest BCUT2D eigenvalue weighted by Gasteiger charge is -2.21. The monoisotopic (exact) mass is 284 g/mol. The van der Waals surface area contributed by atoms with Gasteiger partial charge in [0.1, 0.15) is 5.75 Å². The SMILES string of the molecule is CNCc1ccc(OC)c(CN(C)c2ccc(C)cc2)c1. The summed E-state index contributed by atoms with van der Waals surface area (Å²) in [5.41, 5.74) is 4.96. The van der Waals surface area contributed by atoms with Crippen LogP contribution < -0.4 is 15.0 Å². The molecule has 1 N–H and O–H groups in total. The smallest absolute Gasteiger partial charge is 0.123 e. The lowest BCUT2D eigenvalue weighted by atomic mass is 10.1. The van der Waals surface area contributed by atoms with Gasteiger partial charge < -0.3 is 15.0 Å². The summed E-state index contributed by atoms with van der Waals surface area (Å²) >= 11 is 0. The zero-order valence-corrected chi connectivity index (χ0v) is 13.3. The van der Waals surface area contributed by atoms with Gasteiger partial charge in [-0.2, -0.15) is 0 Å². The van der Waals surface area contributed by atoms with Crippen molar-refractivity contribution in [3.8, 4) is 5.75 Å². The summed E-state index contributed by atoms with van der Waals surface area (Å²) in [6.07, 6.45) is 0. The van der Waals surface area contributed by atoms with Crippen molar-refractivity contribution in [2.24, 2.45) is 0 Å². The van der Waals surface area contributed by atoms with Crippen molar-refractivity contribution in [1.82, 2.24) is 5.32 Å². The van der Waals surface area contributed by atoms with Gasteiger partial charge in [-0.05, 0) is 43.8 Å². The van der Waals surface area contributed by atoms with Gasteiger partial charge in [0.25, 0.3) is 0 Å². The minimum atomic E-state index is 0.823. The Hall–Kier alpha value is -2.00. The van der Waals surface area contributed by atoms with E-state index in [0.29, 0.717) is 0 Å². The largest absolute Gasteiger partial charge is 0.496 e. The number of hydrogen-bond donors (Lipinski definition) is 1. The molecule has 21 heavy (non-hydrogen) atoms. The van der Waals surface area contributed by atoms with Crippen molar-refractivity contribution in [3.05, 3.63) is 59.2 Å². The van der Waals surface area contributed by atoms with E-state index in [1.54, 1.807) is 7.11 Å². The summed E-state index contributed by atoms with van der Waals surface area (Å²) in [5.74, 6) is 0.939. The lowest BCUT2D eigenvalue weighted by Crippen LogP contribution is -2.17. The Bertz CT molecular complexity index is 578. The number of methoxy groups -OCH3 is 1. The van der Waals surface area contributed by atoms with Crippen LogP contribution in [0.15, 0.2) is 42.5 Å². The number of anilines is 1. The maximum absolute atomic E-state index is 5.49. The van der Waals surface area contributed by atoms with Gasteiger partial charge in [-0.3, -0.25) is 0 Å². The van der Waals surface area contributed by atoms with E-state index in [9.17, 15) is 0 Å². The number of ether oxygens (including phenoxy) is 1. The van der Waals surface area contributed by atoms with Gasteiger partial charge in [0.05, 0.1) is 7.11 Å². The first kappa shape index (κ1) is 15.4. The molecule has 3 nitrogen and oxygen atoms in total. The predicted molar refractivity (Wildman–Crippen MR) is 89.0 cm³/mol. The highest BCUT2D eigenvalue weighted by Crippen LogP contribution is 2.24. The van der Waals surface area contributed by atoms with Crippen LogP contribution >= 0.6 is 0 Å². The minimum Gasteiger partial charge on any atom is -0.496 e. The fraction of sp³-hybridized carbons (Fsp3) is 0.333. The van der Waals surface area contributed by atoms with E-state index in [4.69, 9.17) is 4.74 Å². The Balaban J connectivity index is 2.20. The molecule has 112 valence electrons. The third kappa shape index (κ3) is 3.99. The Labute approximate surface area is 127 Å². The molecule has 0 aliphatic rings. The highest BCUT2D eigenvalue weighted by Gasteiger charge is 2.08. The molecule has 0 bridgehead atoms. The maximum atomic E-state index is 5.49. The number of rotatable bonds is 6. The minimum absolute atomic E-state index is 0.823. The first-order valence-electron chi connectivity index (χ1n) is 7.22. The second-order valence-corrected chi connectivity index (χ2v) is 5.37. The number of aryl methyl sites for hydroxylation is 1. The van der Waals surface area contributed by atoms with Crippen LogP contribution in [0.3, 0.4) is 0 Å². The Morgan fingerprint density at radius 2 is 1.81 bits per heavy atom. The summed E-state index contributed by atoms with van der Waals surface area (Å²) in [4.78, 5) is 2.24. The van der Waals surface area contributed by atoms with Crippen LogP contribution in [0.4, 0.5) is 5.69 Å². The third-order valence-corrected chi connectivity index (χ3v) is 3.61. The van der Waals surface area contributed by atoms with Crippen molar-refractivity contribution >= 4 is 5.69 Å². The molecule has 0 spiro atoms. The van der Waals surface area contributed by atoms with E-state index in [1.807, 2.05) is 13.1 Å². The number of nitrogens with one attached hydrogen (secondary N) is 1. The molecule has 0 saturated heterocycles. The molecule has 0 saturated carbocycles. The molecule has 0 aliphatic heterocycles. The van der Waals surface area contributed by atoms with E-state index >= 15 is 0 Å². The Morgan fingerprint density at radius 3 is 2.43 bits per heavy atom. The molecule has 0 unspecified atom stereocenters. The van der Waals surface area contributed by atoms with E-state index in [-0.39, 0.29) is 0 Å². The molecule has 0 aromatic heterocycles. The zero-order valence-electron chi connectivity index (χ0n) is 13.3. The quantitative estimate of drug-likeness (QED) is 0.880. The standard InChI is InChI=1S/C18H24N2O/c1-14-5-8-17(9-6-14)20(3)13-16-11-15(12-19-2)7-10-18(16)21-4/h5-11,19H,12-13H2,1-4H3. The first-order valence-corrected chi connectivity index (χ1v) is 7.22. The molecule has 0 fully saturated rings. The summed E-state index contributed by atoms with van der Waals surface area (Å²) in [5, 5.41) is 3.19. The maximum Gasteiger partial charge on any atom is 0.123 e. The van der Waals surface area contributed by atoms with Crippen LogP contribution in [-0.4, -0.2) is 21.2 Å². The molecule has 2 aromatic carbocycles. The number of hydrogen-bond acceptors (Lipinski definition) is 3. The van der Waals surface area contributed by atoms with Crippen LogP contribution in [0.2, 0.25) is 0 Å². The van der Waals surface area contributed by atoms with Crippen LogP contribution in [0, 0.1) is 6.92 Å². The molecule has 2 rings (SSSR count). The molecular formula is C18H24N2O. The average molecular weight is 284 g/mol. The zero-order chi connectivity index (χ0) is 15.2. The van der Waals surface area contributed by atoms with E-state index in [2.05, 4.69) is 60.6 Å². The molecular weight excluding hydrogens is 260 g/mol. The number of nitrogens with zero attached hydrogens (tertiary/aromatic N) is 1. The summed E-state index contributed by atoms with van der Waals surface area (Å²) in [6.45, 7) is 3.79. The van der Waals surface area contributed by atoms with Crippen LogP contribution in [-0.2, 0) is 13.1 Å². The van der Waals surface area contributed by atoms with Gasteiger partial charge in [0.15, 0.2) is 0 Å². The fourth-order valence-electron chi connectivity index (χ4n) is 2.42. The molecule has 0 amide bonds. The van der Waals surface area contributed by atoms with Crippen molar-refractivity contribution < 1.29 is 4.74 Å². The predicted octanol–water partition coefficient (Wildman–Crippen LogP) is 3.36. The van der Waals surface area contributed by atoms with Crippen LogP contribution in [0.25, 0.3) is 0 Å². The van der Waals surface area contributed by atoms with E-state index in [1.165, 1.54) is 22.4 Å². The second-order valence-electron chi connectivity index (χ2n) is 5.37. The van der Waals surface area contributed by atoms with Gasteiger partial charge in [0.2, 0.25) is 0 Å². The lowest BCUT2D eigenvalue weighted by molar-refractivity contribution is 0.409. The normalized spacial score (nSPS) is 10.5. The second kappa shape index (κ2) is 7.14. The third-order valence-electron chi connectivity index (χ3n) is 3.61. The van der Waals surface area contributed by atoms with Crippen LogP contribution in [0.5, 0.6) is 5.75 Å². The summed E-state index contributed by atoms with van der Waals surface area (Å²) < 4.78 is 5.49. The number of benzene rings is 2. The molecule has 0 aliphatic carbocycles. The summed E-state index contributed by atoms with van der Waals surface area (Å²) in [6, 6.07) is 14.9. The Kier molecular flexibility index (Phi) is 5.23. The van der Waals surface area contributed by atoms with Crippen molar-refractivity contribution in [2.45, 2.75) is 20.0 Å². The average Bonchev–Trinajstić information content (AvgIpc) is 2.48. The van der Waals surface area contributed by atoms with Gasteiger partial charge in [0, 0.05) is 31.4 Å². The van der Waals surface area contributed by atoms with Crippen LogP contribution in [0.1, 0.15) is 16.7 Å². The van der Waals surface area contributed by atoms with Crippen molar-refractivity contribution in [3.63, 3.8) is 0 Å². The van der Waals surface area contributed by atoms with E-state index < -0.39 is 0 Å².